The number of alkyl halides is 3. The van der Waals surface area contributed by atoms with Crippen LogP contribution in [-0.2, 0) is 9.84 Å². The molecular formula is C11H13F4NO2S. The van der Waals surface area contributed by atoms with Crippen LogP contribution < -0.4 is 5.32 Å². The first kappa shape index (κ1) is 15.9. The highest BCUT2D eigenvalue weighted by Gasteiger charge is 2.48. The second kappa shape index (κ2) is 5.46. The molecule has 1 aromatic rings. The van der Waals surface area contributed by atoms with E-state index in [1.54, 1.807) is 6.92 Å². The van der Waals surface area contributed by atoms with Crippen LogP contribution in [0.1, 0.15) is 25.5 Å². The molecule has 0 amide bonds. The first-order valence-corrected chi connectivity index (χ1v) is 6.94. The molecule has 108 valence electrons. The van der Waals surface area contributed by atoms with Crippen molar-refractivity contribution in [1.82, 2.24) is 5.32 Å². The summed E-state index contributed by atoms with van der Waals surface area (Å²) in [7, 11) is -5.68. The van der Waals surface area contributed by atoms with Crippen molar-refractivity contribution in [2.24, 2.45) is 0 Å². The third-order valence-electron chi connectivity index (χ3n) is 2.56. The smallest absolute Gasteiger partial charge is 0.310 e. The summed E-state index contributed by atoms with van der Waals surface area (Å²) in [5.41, 5.74) is -5.64. The van der Waals surface area contributed by atoms with E-state index in [-0.39, 0.29) is 5.56 Å². The highest BCUT2D eigenvalue weighted by molar-refractivity contribution is 7.92. The van der Waals surface area contributed by atoms with E-state index < -0.39 is 32.1 Å². The Bertz CT molecular complexity index is 554. The summed E-state index contributed by atoms with van der Waals surface area (Å²) in [5.74, 6) is -1.37. The van der Waals surface area contributed by atoms with E-state index in [1.807, 2.05) is 0 Å². The molecule has 0 spiro atoms. The van der Waals surface area contributed by atoms with Crippen LogP contribution in [0.4, 0.5) is 17.6 Å². The summed E-state index contributed by atoms with van der Waals surface area (Å²) in [6.07, 6.45) is 0. The minimum absolute atomic E-state index is 0.118. The molecule has 1 N–H and O–H groups in total. The zero-order chi connectivity index (χ0) is 14.8. The maximum absolute atomic E-state index is 14.0. The number of rotatable bonds is 4. The number of hydrogen-bond acceptors (Lipinski definition) is 3. The lowest BCUT2D eigenvalue weighted by atomic mass is 10.1. The molecule has 0 aliphatic carbocycles. The van der Waals surface area contributed by atoms with Crippen molar-refractivity contribution in [2.45, 2.75) is 30.3 Å². The van der Waals surface area contributed by atoms with Gasteiger partial charge in [-0.05, 0) is 19.5 Å². The van der Waals surface area contributed by atoms with Crippen molar-refractivity contribution in [3.63, 3.8) is 0 Å². The van der Waals surface area contributed by atoms with E-state index in [4.69, 9.17) is 0 Å². The van der Waals surface area contributed by atoms with E-state index in [1.165, 1.54) is 13.0 Å². The minimum Gasteiger partial charge on any atom is -0.310 e. The molecule has 0 aliphatic rings. The van der Waals surface area contributed by atoms with Crippen molar-refractivity contribution in [3.8, 4) is 0 Å². The van der Waals surface area contributed by atoms with Crippen LogP contribution in [0.2, 0.25) is 0 Å². The van der Waals surface area contributed by atoms with Crippen LogP contribution >= 0.6 is 0 Å². The van der Waals surface area contributed by atoms with Crippen molar-refractivity contribution in [2.75, 3.05) is 6.54 Å². The van der Waals surface area contributed by atoms with Gasteiger partial charge in [0.1, 0.15) is 10.7 Å². The van der Waals surface area contributed by atoms with Crippen molar-refractivity contribution >= 4 is 9.84 Å². The Hall–Kier alpha value is -1.15. The Balaban J connectivity index is 3.38. The molecular weight excluding hydrogens is 286 g/mol. The first-order chi connectivity index (χ1) is 8.63. The monoisotopic (exact) mass is 299 g/mol. The molecule has 0 radical (unpaired) electrons. The fourth-order valence-electron chi connectivity index (χ4n) is 1.61. The Kier molecular flexibility index (Phi) is 4.57. The molecule has 0 saturated heterocycles. The third-order valence-corrected chi connectivity index (χ3v) is 4.07. The number of halogens is 4. The summed E-state index contributed by atoms with van der Waals surface area (Å²) < 4.78 is 73.6. The van der Waals surface area contributed by atoms with Gasteiger partial charge >= 0.3 is 5.51 Å². The van der Waals surface area contributed by atoms with E-state index in [9.17, 15) is 26.0 Å². The van der Waals surface area contributed by atoms with Crippen LogP contribution in [0, 0.1) is 5.82 Å². The second-order valence-electron chi connectivity index (χ2n) is 3.89. The van der Waals surface area contributed by atoms with Gasteiger partial charge in [-0.3, -0.25) is 0 Å². The zero-order valence-electron chi connectivity index (χ0n) is 10.3. The molecule has 0 unspecified atom stereocenters. The largest absolute Gasteiger partial charge is 0.502 e. The Morgan fingerprint density at radius 3 is 2.37 bits per heavy atom. The van der Waals surface area contributed by atoms with E-state index in [0.717, 1.165) is 6.07 Å². The molecule has 1 aromatic carbocycles. The fraction of sp³-hybridized carbons (Fsp3) is 0.455. The van der Waals surface area contributed by atoms with Gasteiger partial charge in [0, 0.05) is 11.6 Å². The predicted molar refractivity (Wildman–Crippen MR) is 61.7 cm³/mol. The van der Waals surface area contributed by atoms with Gasteiger partial charge in [0.15, 0.2) is 0 Å². The quantitative estimate of drug-likeness (QED) is 0.870. The average Bonchev–Trinajstić information content (AvgIpc) is 2.27. The third kappa shape index (κ3) is 3.06. The van der Waals surface area contributed by atoms with Gasteiger partial charge in [0.05, 0.1) is 0 Å². The van der Waals surface area contributed by atoms with Crippen LogP contribution in [0.25, 0.3) is 0 Å². The van der Waals surface area contributed by atoms with Gasteiger partial charge in [-0.25, -0.2) is 12.8 Å². The predicted octanol–water partition coefficient (Wildman–Crippen LogP) is 2.79. The highest BCUT2D eigenvalue weighted by Crippen LogP contribution is 2.33. The summed E-state index contributed by atoms with van der Waals surface area (Å²) in [6, 6.07) is 2.36. The fourth-order valence-corrected chi connectivity index (χ4v) is 2.47. The number of benzene rings is 1. The Morgan fingerprint density at radius 2 is 1.89 bits per heavy atom. The van der Waals surface area contributed by atoms with Crippen LogP contribution in [0.5, 0.6) is 0 Å². The van der Waals surface area contributed by atoms with Gasteiger partial charge in [0.25, 0.3) is 9.84 Å². The second-order valence-corrected chi connectivity index (χ2v) is 5.80. The maximum atomic E-state index is 14.0. The Morgan fingerprint density at radius 1 is 1.32 bits per heavy atom. The molecule has 1 atom stereocenters. The molecule has 19 heavy (non-hydrogen) atoms. The molecule has 0 fully saturated rings. The van der Waals surface area contributed by atoms with Crippen LogP contribution in [0.3, 0.4) is 0 Å². The number of nitrogens with one attached hydrogen (secondary N) is 1. The summed E-state index contributed by atoms with van der Waals surface area (Å²) in [4.78, 5) is -1.35. The van der Waals surface area contributed by atoms with Crippen molar-refractivity contribution < 1.29 is 26.0 Å². The highest BCUT2D eigenvalue weighted by atomic mass is 32.2. The summed E-state index contributed by atoms with van der Waals surface area (Å²) in [6.45, 7) is 3.74. The van der Waals surface area contributed by atoms with Gasteiger partial charge in [-0.1, -0.05) is 19.1 Å². The SMILES string of the molecule is CCN[C@H](C)c1cccc(S(=O)(=O)C(F)(F)F)c1F. The molecule has 0 bridgehead atoms. The lowest BCUT2D eigenvalue weighted by Gasteiger charge is -2.16. The van der Waals surface area contributed by atoms with Gasteiger partial charge < -0.3 is 5.32 Å². The normalized spacial score (nSPS) is 14.4. The molecule has 0 heterocycles. The summed E-state index contributed by atoms with van der Waals surface area (Å²) >= 11 is 0. The lowest BCUT2D eigenvalue weighted by Crippen LogP contribution is -2.26. The van der Waals surface area contributed by atoms with Crippen molar-refractivity contribution in [3.05, 3.63) is 29.6 Å². The van der Waals surface area contributed by atoms with E-state index >= 15 is 0 Å². The van der Waals surface area contributed by atoms with Crippen LogP contribution in [-0.4, -0.2) is 20.5 Å². The standard InChI is InChI=1S/C11H13F4NO2S/c1-3-16-7(2)8-5-4-6-9(10(8)12)19(17,18)11(13,14)15/h4-7,16H,3H2,1-2H3/t7-/m1/s1. The molecule has 1 rings (SSSR count). The molecule has 0 saturated carbocycles. The lowest BCUT2D eigenvalue weighted by molar-refractivity contribution is -0.0437. The van der Waals surface area contributed by atoms with E-state index in [0.29, 0.717) is 12.6 Å². The molecule has 3 nitrogen and oxygen atoms in total. The van der Waals surface area contributed by atoms with E-state index in [2.05, 4.69) is 5.32 Å². The Labute approximate surface area is 108 Å². The topological polar surface area (TPSA) is 46.2 Å². The molecule has 0 aromatic heterocycles. The first-order valence-electron chi connectivity index (χ1n) is 5.46. The molecule has 8 heteroatoms. The zero-order valence-corrected chi connectivity index (χ0v) is 11.1. The summed E-state index contributed by atoms with van der Waals surface area (Å²) in [5, 5.41) is 2.80. The van der Waals surface area contributed by atoms with Gasteiger partial charge in [-0.2, -0.15) is 13.2 Å². The van der Waals surface area contributed by atoms with Crippen LogP contribution in [0.15, 0.2) is 23.1 Å². The number of hydrogen-bond donors (Lipinski definition) is 1. The van der Waals surface area contributed by atoms with Gasteiger partial charge in [0.2, 0.25) is 0 Å². The minimum atomic E-state index is -5.68. The average molecular weight is 299 g/mol. The molecule has 0 aliphatic heterocycles. The van der Waals surface area contributed by atoms with Crippen molar-refractivity contribution in [1.29, 1.82) is 0 Å². The maximum Gasteiger partial charge on any atom is 0.502 e. The number of sulfone groups is 1. The van der Waals surface area contributed by atoms with Gasteiger partial charge in [-0.15, -0.1) is 0 Å².